The van der Waals surface area contributed by atoms with Gasteiger partial charge in [0.2, 0.25) is 5.91 Å². The van der Waals surface area contributed by atoms with Crippen LogP contribution in [-0.2, 0) is 11.3 Å². The van der Waals surface area contributed by atoms with Crippen molar-refractivity contribution in [2.75, 3.05) is 18.8 Å². The zero-order valence-corrected chi connectivity index (χ0v) is 15.6. The van der Waals surface area contributed by atoms with Gasteiger partial charge in [-0.1, -0.05) is 23.9 Å². The molecule has 0 spiro atoms. The summed E-state index contributed by atoms with van der Waals surface area (Å²) < 4.78 is 0. The lowest BCUT2D eigenvalue weighted by Gasteiger charge is -2.22. The number of nitrogens with two attached hydrogens (primary N) is 1. The Morgan fingerprint density at radius 1 is 1.36 bits per heavy atom. The third kappa shape index (κ3) is 4.16. The zero-order valence-electron chi connectivity index (χ0n) is 14.0. The maximum absolute atomic E-state index is 12.8. The molecule has 3 amide bonds. The molecule has 2 N–H and O–H groups in total. The lowest BCUT2D eigenvalue weighted by molar-refractivity contribution is -0.125. The van der Waals surface area contributed by atoms with Gasteiger partial charge in [-0.25, -0.2) is 0 Å². The molecule has 8 heteroatoms. The quantitative estimate of drug-likeness (QED) is 0.860. The first-order valence-corrected chi connectivity index (χ1v) is 9.05. The van der Waals surface area contributed by atoms with Gasteiger partial charge in [0, 0.05) is 18.2 Å². The Morgan fingerprint density at radius 3 is 2.72 bits per heavy atom. The van der Waals surface area contributed by atoms with Crippen LogP contribution in [0.4, 0.5) is 4.79 Å². The predicted molar refractivity (Wildman–Crippen MR) is 99.8 cm³/mol. The highest BCUT2D eigenvalue weighted by Gasteiger charge is 2.33. The van der Waals surface area contributed by atoms with Crippen LogP contribution in [0, 0.1) is 5.92 Å². The maximum Gasteiger partial charge on any atom is 0.289 e. The molecule has 0 aromatic heterocycles. The molecular formula is C17H22ClN3O3S. The molecule has 0 aliphatic carbocycles. The summed E-state index contributed by atoms with van der Waals surface area (Å²) in [4.78, 5) is 39.3. The van der Waals surface area contributed by atoms with Crippen molar-refractivity contribution < 1.29 is 14.4 Å². The van der Waals surface area contributed by atoms with Crippen molar-refractivity contribution in [2.45, 2.75) is 25.9 Å². The minimum atomic E-state index is -0.226. The Bertz CT molecular complexity index is 669. The predicted octanol–water partition coefficient (Wildman–Crippen LogP) is 2.11. The highest BCUT2D eigenvalue weighted by Crippen LogP contribution is 2.25. The van der Waals surface area contributed by atoms with Crippen LogP contribution in [0.25, 0.3) is 0 Å². The number of carbonyl (C=O) groups is 3. The SMILES string of the molecule is CC1CC(CN)CN1C(=O)c1cccc(CN2C(=O)CSC2=O)c1.Cl. The molecule has 2 saturated heterocycles. The number of rotatable bonds is 4. The fraction of sp³-hybridized carbons (Fsp3) is 0.471. The van der Waals surface area contributed by atoms with Crippen molar-refractivity contribution in [1.82, 2.24) is 9.80 Å². The molecule has 25 heavy (non-hydrogen) atoms. The first-order chi connectivity index (χ1) is 11.5. The van der Waals surface area contributed by atoms with Crippen molar-refractivity contribution in [3.05, 3.63) is 35.4 Å². The van der Waals surface area contributed by atoms with Gasteiger partial charge in [-0.05, 0) is 43.5 Å². The normalized spacial score (nSPS) is 23.1. The van der Waals surface area contributed by atoms with E-state index in [2.05, 4.69) is 0 Å². The molecule has 2 unspecified atom stereocenters. The van der Waals surface area contributed by atoms with Gasteiger partial charge >= 0.3 is 0 Å². The zero-order chi connectivity index (χ0) is 17.3. The number of imide groups is 1. The van der Waals surface area contributed by atoms with E-state index < -0.39 is 0 Å². The molecule has 0 saturated carbocycles. The maximum atomic E-state index is 12.8. The molecular weight excluding hydrogens is 362 g/mol. The number of amides is 3. The molecule has 2 aliphatic heterocycles. The molecule has 0 radical (unpaired) electrons. The van der Waals surface area contributed by atoms with Crippen LogP contribution >= 0.6 is 24.2 Å². The number of benzene rings is 1. The Balaban J connectivity index is 0.00000225. The van der Waals surface area contributed by atoms with Crippen molar-refractivity contribution >= 4 is 41.2 Å². The number of hydrogen-bond acceptors (Lipinski definition) is 5. The topological polar surface area (TPSA) is 83.7 Å². The largest absolute Gasteiger partial charge is 0.336 e. The second-order valence-corrected chi connectivity index (χ2v) is 7.31. The molecule has 3 rings (SSSR count). The Hall–Kier alpha value is -1.57. The Morgan fingerprint density at radius 2 is 2.12 bits per heavy atom. The number of carbonyl (C=O) groups excluding carboxylic acids is 3. The van der Waals surface area contributed by atoms with Gasteiger partial charge in [0.15, 0.2) is 0 Å². The van der Waals surface area contributed by atoms with Gasteiger partial charge in [0.05, 0.1) is 12.3 Å². The van der Waals surface area contributed by atoms with Crippen LogP contribution in [0.15, 0.2) is 24.3 Å². The third-order valence-electron chi connectivity index (χ3n) is 4.61. The Kier molecular flexibility index (Phi) is 6.48. The molecule has 2 aliphatic rings. The second-order valence-electron chi connectivity index (χ2n) is 6.38. The van der Waals surface area contributed by atoms with Gasteiger partial charge in [-0.2, -0.15) is 0 Å². The second kappa shape index (κ2) is 8.21. The summed E-state index contributed by atoms with van der Waals surface area (Å²) in [7, 11) is 0. The summed E-state index contributed by atoms with van der Waals surface area (Å²) in [5.74, 6) is 0.349. The van der Waals surface area contributed by atoms with E-state index in [9.17, 15) is 14.4 Å². The molecule has 2 atom stereocenters. The van der Waals surface area contributed by atoms with Crippen LogP contribution in [0.2, 0.25) is 0 Å². The van der Waals surface area contributed by atoms with Crippen molar-refractivity contribution in [1.29, 1.82) is 0 Å². The summed E-state index contributed by atoms with van der Waals surface area (Å²) in [5, 5.41) is -0.226. The van der Waals surface area contributed by atoms with Crippen molar-refractivity contribution in [3.63, 3.8) is 0 Å². The average molecular weight is 384 g/mol. The fourth-order valence-corrected chi connectivity index (χ4v) is 4.01. The van der Waals surface area contributed by atoms with Gasteiger partial charge < -0.3 is 10.6 Å². The smallest absolute Gasteiger partial charge is 0.289 e. The molecule has 136 valence electrons. The van der Waals surface area contributed by atoms with E-state index in [0.29, 0.717) is 24.6 Å². The summed E-state index contributed by atoms with van der Waals surface area (Å²) in [5.41, 5.74) is 7.10. The monoisotopic (exact) mass is 383 g/mol. The minimum Gasteiger partial charge on any atom is -0.336 e. The minimum absolute atomic E-state index is 0. The van der Waals surface area contributed by atoms with Crippen molar-refractivity contribution in [3.8, 4) is 0 Å². The van der Waals surface area contributed by atoms with E-state index in [1.807, 2.05) is 17.9 Å². The highest BCUT2D eigenvalue weighted by atomic mass is 35.5. The van der Waals surface area contributed by atoms with E-state index in [1.165, 1.54) is 4.90 Å². The van der Waals surface area contributed by atoms with Crippen LogP contribution in [0.5, 0.6) is 0 Å². The number of nitrogens with zero attached hydrogens (tertiary/aromatic N) is 2. The summed E-state index contributed by atoms with van der Waals surface area (Å²) >= 11 is 1.02. The number of halogens is 1. The summed E-state index contributed by atoms with van der Waals surface area (Å²) in [6.07, 6.45) is 0.927. The highest BCUT2D eigenvalue weighted by molar-refractivity contribution is 8.14. The van der Waals surface area contributed by atoms with E-state index in [0.717, 1.165) is 23.7 Å². The fourth-order valence-electron chi connectivity index (χ4n) is 3.28. The molecule has 1 aromatic carbocycles. The van der Waals surface area contributed by atoms with E-state index in [-0.39, 0.29) is 47.8 Å². The van der Waals surface area contributed by atoms with Crippen LogP contribution in [-0.4, -0.2) is 51.7 Å². The van der Waals surface area contributed by atoms with E-state index >= 15 is 0 Å². The number of thioether (sulfide) groups is 1. The van der Waals surface area contributed by atoms with Gasteiger partial charge in [0.25, 0.3) is 11.1 Å². The van der Waals surface area contributed by atoms with E-state index in [1.54, 1.807) is 18.2 Å². The van der Waals surface area contributed by atoms with Crippen molar-refractivity contribution in [2.24, 2.45) is 11.7 Å². The lowest BCUT2D eigenvalue weighted by atomic mass is 10.1. The Labute approximate surface area is 157 Å². The van der Waals surface area contributed by atoms with E-state index in [4.69, 9.17) is 5.73 Å². The molecule has 0 bridgehead atoms. The molecule has 1 aromatic rings. The molecule has 6 nitrogen and oxygen atoms in total. The van der Waals surface area contributed by atoms with Gasteiger partial charge in [0.1, 0.15) is 0 Å². The first kappa shape index (κ1) is 19.8. The van der Waals surface area contributed by atoms with Gasteiger partial charge in [-0.3, -0.25) is 19.3 Å². The standard InChI is InChI=1S/C17H21N3O3S.ClH/c1-11-5-13(7-18)9-19(11)16(22)14-4-2-3-12(6-14)8-20-15(21)10-24-17(20)23;/h2-4,6,11,13H,5,7-10,18H2,1H3;1H. The molecule has 2 heterocycles. The van der Waals surface area contributed by atoms with Crippen LogP contribution in [0.1, 0.15) is 29.3 Å². The van der Waals surface area contributed by atoms with Crippen LogP contribution < -0.4 is 5.73 Å². The third-order valence-corrected chi connectivity index (χ3v) is 5.47. The summed E-state index contributed by atoms with van der Waals surface area (Å²) in [6.45, 7) is 3.52. The summed E-state index contributed by atoms with van der Waals surface area (Å²) in [6, 6.07) is 7.34. The van der Waals surface area contributed by atoms with Gasteiger partial charge in [-0.15, -0.1) is 12.4 Å². The molecule has 2 fully saturated rings. The number of likely N-dealkylation sites (tertiary alicyclic amines) is 1. The average Bonchev–Trinajstić information content (AvgIpc) is 3.11. The number of hydrogen-bond donors (Lipinski definition) is 1. The van der Waals surface area contributed by atoms with Crippen LogP contribution in [0.3, 0.4) is 0 Å². The lowest BCUT2D eigenvalue weighted by Crippen LogP contribution is -2.34. The first-order valence-electron chi connectivity index (χ1n) is 8.06.